The number of aliphatic hydroxyl groups is 1. The highest BCUT2D eigenvalue weighted by Gasteiger charge is 2.38. The van der Waals surface area contributed by atoms with Gasteiger partial charge in [-0.15, -0.1) is 0 Å². The Morgan fingerprint density at radius 2 is 1.68 bits per heavy atom. The molecule has 8 nitrogen and oxygen atoms in total. The number of rotatable bonds is 10. The highest BCUT2D eigenvalue weighted by molar-refractivity contribution is 5.89. The van der Waals surface area contributed by atoms with Gasteiger partial charge < -0.3 is 25.6 Å². The van der Waals surface area contributed by atoms with Crippen LogP contribution in [0.4, 0.5) is 10.5 Å². The molecule has 0 aliphatic rings. The molecule has 2 amide bonds. The van der Waals surface area contributed by atoms with Crippen molar-refractivity contribution in [3.05, 3.63) is 108 Å². The predicted octanol–water partition coefficient (Wildman–Crippen LogP) is 5.80. The molecule has 0 aliphatic heterocycles. The Morgan fingerprint density at radius 1 is 1.05 bits per heavy atom. The number of aromatic nitrogens is 2. The average Bonchev–Trinajstić information content (AvgIpc) is 3.38. The maximum atomic E-state index is 14.0. The minimum Gasteiger partial charge on any atom is -0.395 e. The molecule has 0 saturated carbocycles. The van der Waals surface area contributed by atoms with Crippen LogP contribution in [0, 0.1) is 16.7 Å². The SMILES string of the molecule is CC(C)(C)[C@H](c1nc(-c2ccccc2)cn1Cc1ccccc1)N(CC[C@H](N)CO)C(=O)Nc1ccc(C#N)cc1. The Labute approximate surface area is 242 Å². The first-order valence-electron chi connectivity index (χ1n) is 13.8. The van der Waals surface area contributed by atoms with Gasteiger partial charge in [0.2, 0.25) is 0 Å². The number of hydrogen-bond acceptors (Lipinski definition) is 5. The molecule has 2 atom stereocenters. The van der Waals surface area contributed by atoms with Crippen LogP contribution in [0.5, 0.6) is 0 Å². The van der Waals surface area contributed by atoms with Crippen molar-refractivity contribution in [1.29, 1.82) is 5.26 Å². The Balaban J connectivity index is 1.80. The van der Waals surface area contributed by atoms with Gasteiger partial charge in [0.1, 0.15) is 5.82 Å². The topological polar surface area (TPSA) is 120 Å². The van der Waals surface area contributed by atoms with Gasteiger partial charge in [0.05, 0.1) is 30.0 Å². The lowest BCUT2D eigenvalue weighted by Gasteiger charge is -2.40. The second-order valence-electron chi connectivity index (χ2n) is 11.3. The molecule has 1 aromatic heterocycles. The number of nitrogens with one attached hydrogen (secondary N) is 1. The molecule has 1 heterocycles. The van der Waals surface area contributed by atoms with E-state index < -0.39 is 17.5 Å². The summed E-state index contributed by atoms with van der Waals surface area (Å²) in [7, 11) is 0. The Hall–Kier alpha value is -4.45. The first-order chi connectivity index (χ1) is 19.7. The Morgan fingerprint density at radius 3 is 2.27 bits per heavy atom. The molecule has 4 aromatic rings. The normalized spacial score (nSPS) is 12.8. The standard InChI is InChI=1S/C33H38N6O2/c1-33(2,3)30(39(19-18-27(35)23-40)32(41)36-28-16-14-24(20-34)15-17-28)31-37-29(26-12-8-5-9-13-26)22-38(31)21-25-10-6-4-7-11-25/h4-17,22,27,30,40H,18-19,21,23,35H2,1-3H3,(H,36,41)/t27-,30-/m0/s1. The molecule has 0 fully saturated rings. The molecule has 3 aromatic carbocycles. The predicted molar refractivity (Wildman–Crippen MR) is 162 cm³/mol. The van der Waals surface area contributed by atoms with Crippen molar-refractivity contribution in [3.63, 3.8) is 0 Å². The molecule has 4 rings (SSSR count). The van der Waals surface area contributed by atoms with Crippen LogP contribution < -0.4 is 11.1 Å². The highest BCUT2D eigenvalue weighted by Crippen LogP contribution is 2.39. The largest absolute Gasteiger partial charge is 0.395 e. The quantitative estimate of drug-likeness (QED) is 0.230. The van der Waals surface area contributed by atoms with Crippen LogP contribution in [0.15, 0.2) is 91.1 Å². The van der Waals surface area contributed by atoms with Gasteiger partial charge in [-0.25, -0.2) is 9.78 Å². The van der Waals surface area contributed by atoms with Gasteiger partial charge >= 0.3 is 6.03 Å². The molecule has 0 aliphatic carbocycles. The van der Waals surface area contributed by atoms with Crippen molar-refractivity contribution in [2.45, 2.75) is 45.8 Å². The fraction of sp³-hybridized carbons (Fsp3) is 0.303. The number of urea groups is 1. The zero-order chi connectivity index (χ0) is 29.4. The highest BCUT2D eigenvalue weighted by atomic mass is 16.3. The number of anilines is 1. The number of nitriles is 1. The first-order valence-corrected chi connectivity index (χ1v) is 13.8. The molecule has 8 heteroatoms. The van der Waals surface area contributed by atoms with Crippen LogP contribution in [0.2, 0.25) is 0 Å². The summed E-state index contributed by atoms with van der Waals surface area (Å²) in [6, 6.07) is 27.8. The molecule has 0 saturated heterocycles. The van der Waals surface area contributed by atoms with Crippen molar-refractivity contribution >= 4 is 11.7 Å². The van der Waals surface area contributed by atoms with Crippen LogP contribution >= 0.6 is 0 Å². The van der Waals surface area contributed by atoms with E-state index in [0.717, 1.165) is 22.6 Å². The fourth-order valence-electron chi connectivity index (χ4n) is 4.86. The van der Waals surface area contributed by atoms with Crippen molar-refractivity contribution in [2.24, 2.45) is 11.1 Å². The minimum atomic E-state index is -0.468. The molecule has 212 valence electrons. The number of aliphatic hydroxyl groups excluding tert-OH is 1. The summed E-state index contributed by atoms with van der Waals surface area (Å²) in [5.74, 6) is 0.757. The Kier molecular flexibility index (Phi) is 9.56. The molecule has 0 spiro atoms. The van der Waals surface area contributed by atoms with E-state index in [9.17, 15) is 9.90 Å². The third-order valence-corrected chi connectivity index (χ3v) is 6.95. The number of benzene rings is 3. The van der Waals surface area contributed by atoms with E-state index in [-0.39, 0.29) is 12.6 Å². The molecular weight excluding hydrogens is 512 g/mol. The van der Waals surface area contributed by atoms with Crippen molar-refractivity contribution in [1.82, 2.24) is 14.5 Å². The maximum absolute atomic E-state index is 14.0. The van der Waals surface area contributed by atoms with Crippen LogP contribution in [-0.4, -0.2) is 44.8 Å². The van der Waals surface area contributed by atoms with E-state index >= 15 is 0 Å². The van der Waals surface area contributed by atoms with Crippen LogP contribution in [0.25, 0.3) is 11.3 Å². The minimum absolute atomic E-state index is 0.175. The van der Waals surface area contributed by atoms with E-state index in [1.54, 1.807) is 29.2 Å². The van der Waals surface area contributed by atoms with Crippen LogP contribution in [0.3, 0.4) is 0 Å². The number of carbonyl (C=O) groups excluding carboxylic acids is 1. The summed E-state index contributed by atoms with van der Waals surface area (Å²) in [5, 5.41) is 21.8. The Bertz CT molecular complexity index is 1450. The summed E-state index contributed by atoms with van der Waals surface area (Å²) in [5.41, 5.74) is 9.71. The summed E-state index contributed by atoms with van der Waals surface area (Å²) in [6.07, 6.45) is 2.46. The summed E-state index contributed by atoms with van der Waals surface area (Å²) in [6.45, 7) is 7.00. The summed E-state index contributed by atoms with van der Waals surface area (Å²) >= 11 is 0. The van der Waals surface area contributed by atoms with Crippen LogP contribution in [-0.2, 0) is 6.54 Å². The van der Waals surface area contributed by atoms with Gasteiger partial charge in [0, 0.05) is 36.6 Å². The van der Waals surface area contributed by atoms with E-state index in [4.69, 9.17) is 16.0 Å². The zero-order valence-corrected chi connectivity index (χ0v) is 23.9. The van der Waals surface area contributed by atoms with Crippen molar-refractivity contribution < 1.29 is 9.90 Å². The molecule has 0 unspecified atom stereocenters. The third-order valence-electron chi connectivity index (χ3n) is 6.95. The second kappa shape index (κ2) is 13.3. The molecule has 41 heavy (non-hydrogen) atoms. The fourth-order valence-corrected chi connectivity index (χ4v) is 4.86. The van der Waals surface area contributed by atoms with Crippen LogP contribution in [0.1, 0.15) is 50.2 Å². The number of carbonyl (C=O) groups is 1. The third kappa shape index (κ3) is 7.60. The lowest BCUT2D eigenvalue weighted by Crippen LogP contribution is -2.46. The molecule has 0 radical (unpaired) electrons. The van der Waals surface area contributed by atoms with Gasteiger partial charge in [0.15, 0.2) is 0 Å². The molecule has 4 N–H and O–H groups in total. The zero-order valence-electron chi connectivity index (χ0n) is 23.9. The number of imidazole rings is 1. The molecular formula is C33H38N6O2. The van der Waals surface area contributed by atoms with Crippen molar-refractivity contribution in [2.75, 3.05) is 18.5 Å². The monoisotopic (exact) mass is 550 g/mol. The summed E-state index contributed by atoms with van der Waals surface area (Å²) in [4.78, 5) is 20.9. The van der Waals surface area contributed by atoms with Gasteiger partial charge in [0.25, 0.3) is 0 Å². The van der Waals surface area contributed by atoms with Crippen molar-refractivity contribution in [3.8, 4) is 17.3 Å². The van der Waals surface area contributed by atoms with E-state index in [0.29, 0.717) is 30.8 Å². The van der Waals surface area contributed by atoms with Gasteiger partial charge in [-0.3, -0.25) is 0 Å². The smallest absolute Gasteiger partial charge is 0.322 e. The maximum Gasteiger partial charge on any atom is 0.322 e. The summed E-state index contributed by atoms with van der Waals surface area (Å²) < 4.78 is 2.13. The number of hydrogen-bond donors (Lipinski definition) is 3. The van der Waals surface area contributed by atoms with E-state index in [1.807, 2.05) is 54.7 Å². The average molecular weight is 551 g/mol. The number of nitrogens with two attached hydrogens (primary N) is 1. The van der Waals surface area contributed by atoms with E-state index in [1.165, 1.54) is 0 Å². The van der Waals surface area contributed by atoms with E-state index in [2.05, 4.69) is 48.9 Å². The van der Waals surface area contributed by atoms with Gasteiger partial charge in [-0.2, -0.15) is 5.26 Å². The molecule has 0 bridgehead atoms. The number of nitrogens with zero attached hydrogens (tertiary/aromatic N) is 4. The first kappa shape index (κ1) is 29.5. The number of amides is 2. The second-order valence-corrected chi connectivity index (χ2v) is 11.3. The van der Waals surface area contributed by atoms with Gasteiger partial charge in [-0.05, 0) is 41.7 Å². The van der Waals surface area contributed by atoms with Gasteiger partial charge in [-0.1, -0.05) is 81.4 Å². The lowest BCUT2D eigenvalue weighted by molar-refractivity contribution is 0.111. The lowest BCUT2D eigenvalue weighted by atomic mass is 9.84.